The van der Waals surface area contributed by atoms with Crippen LogP contribution in [0.1, 0.15) is 12.0 Å². The first-order chi connectivity index (χ1) is 15.9. The molecule has 1 heterocycles. The van der Waals surface area contributed by atoms with Gasteiger partial charge in [0.2, 0.25) is 15.9 Å². The number of ether oxygens (including phenoxy) is 1. The summed E-state index contributed by atoms with van der Waals surface area (Å²) in [7, 11) is -4.19. The first-order valence-electron chi connectivity index (χ1n) is 10.8. The first-order valence-corrected chi connectivity index (χ1v) is 13.7. The van der Waals surface area contributed by atoms with Crippen molar-refractivity contribution in [3.63, 3.8) is 0 Å². The first kappa shape index (κ1) is 25.6. The third-order valence-electron chi connectivity index (χ3n) is 5.33. The highest BCUT2D eigenvalue weighted by Crippen LogP contribution is 2.15. The Labute approximate surface area is 199 Å². The van der Waals surface area contributed by atoms with E-state index in [2.05, 4.69) is 27.1 Å². The fraction of sp³-hybridized carbons (Fsp3) is 0.435. The predicted molar refractivity (Wildman–Crippen MR) is 128 cm³/mol. The molecule has 1 aliphatic rings. The minimum absolute atomic E-state index is 0.198. The van der Waals surface area contributed by atoms with Crippen LogP contribution in [0.4, 0.5) is 4.39 Å². The molecule has 10 heteroatoms. The van der Waals surface area contributed by atoms with E-state index in [1.807, 2.05) is 24.5 Å². The number of sulfonamides is 1. The molecule has 0 bridgehead atoms. The Morgan fingerprint density at radius 1 is 1.21 bits per heavy atom. The lowest BCUT2D eigenvalue weighted by molar-refractivity contribution is -0.124. The molecule has 2 aromatic carbocycles. The average molecular weight is 496 g/mol. The number of nitrogens with one attached hydrogen (secondary N) is 2. The lowest BCUT2D eigenvalue weighted by Gasteiger charge is -2.33. The Balaban J connectivity index is 1.57. The lowest BCUT2D eigenvalue weighted by Crippen LogP contribution is -2.51. The van der Waals surface area contributed by atoms with Crippen molar-refractivity contribution < 1.29 is 22.3 Å². The van der Waals surface area contributed by atoms with Gasteiger partial charge in [-0.25, -0.2) is 12.8 Å². The molecule has 7 nitrogen and oxygen atoms in total. The third-order valence-corrected chi connectivity index (χ3v) is 7.48. The molecular weight excluding hydrogens is 465 g/mol. The van der Waals surface area contributed by atoms with Gasteiger partial charge in [-0.2, -0.15) is 16.5 Å². The third kappa shape index (κ3) is 7.79. The van der Waals surface area contributed by atoms with Crippen LogP contribution < -0.4 is 10.0 Å². The number of carbonyl (C=O) groups excluding carboxylic acids is 1. The van der Waals surface area contributed by atoms with Crippen LogP contribution in [0, 0.1) is 5.82 Å². The van der Waals surface area contributed by atoms with E-state index in [4.69, 9.17) is 4.74 Å². The van der Waals surface area contributed by atoms with Gasteiger partial charge in [0, 0.05) is 26.2 Å². The summed E-state index contributed by atoms with van der Waals surface area (Å²) in [6.07, 6.45) is 1.96. The fourth-order valence-electron chi connectivity index (χ4n) is 3.62. The number of benzene rings is 2. The van der Waals surface area contributed by atoms with Crippen LogP contribution in [-0.2, 0) is 26.1 Å². The van der Waals surface area contributed by atoms with Crippen LogP contribution in [-0.4, -0.2) is 69.6 Å². The van der Waals surface area contributed by atoms with Crippen molar-refractivity contribution in [2.45, 2.75) is 30.0 Å². The maximum absolute atomic E-state index is 14.0. The summed E-state index contributed by atoms with van der Waals surface area (Å²) < 4.78 is 47.6. The molecule has 2 N–H and O–H groups in total. The Morgan fingerprint density at radius 2 is 1.94 bits per heavy atom. The van der Waals surface area contributed by atoms with E-state index in [0.717, 1.165) is 19.2 Å². The van der Waals surface area contributed by atoms with Crippen LogP contribution >= 0.6 is 11.8 Å². The minimum atomic E-state index is -4.19. The second kappa shape index (κ2) is 12.5. The number of morpholine rings is 1. The molecule has 1 saturated heterocycles. The number of halogens is 1. The fourth-order valence-corrected chi connectivity index (χ4v) is 5.40. The summed E-state index contributed by atoms with van der Waals surface area (Å²) in [4.78, 5) is 14.6. The standard InChI is InChI=1S/C23H30FN3O4S2/c1-32-14-11-21(26-33(29,30)22-10-6-5-9-20(22)24)23(28)25-15-19-17-27(12-13-31-19)16-18-7-3-2-4-8-18/h2-10,19,21,26H,11-17H2,1H3,(H,25,28). The van der Waals surface area contributed by atoms with E-state index in [9.17, 15) is 17.6 Å². The molecule has 0 aliphatic carbocycles. The van der Waals surface area contributed by atoms with Gasteiger partial charge >= 0.3 is 0 Å². The number of amides is 1. The zero-order valence-electron chi connectivity index (χ0n) is 18.6. The van der Waals surface area contributed by atoms with E-state index >= 15 is 0 Å². The van der Waals surface area contributed by atoms with Crippen molar-refractivity contribution in [3.8, 4) is 0 Å². The van der Waals surface area contributed by atoms with Crippen LogP contribution in [0.15, 0.2) is 59.5 Å². The minimum Gasteiger partial charge on any atom is -0.374 e. The number of thioether (sulfide) groups is 1. The molecule has 2 atom stereocenters. The topological polar surface area (TPSA) is 87.7 Å². The molecule has 0 saturated carbocycles. The van der Waals surface area contributed by atoms with Gasteiger partial charge in [0.15, 0.2) is 0 Å². The zero-order valence-corrected chi connectivity index (χ0v) is 20.2. The van der Waals surface area contributed by atoms with E-state index in [0.29, 0.717) is 18.9 Å². The van der Waals surface area contributed by atoms with Gasteiger partial charge in [-0.1, -0.05) is 42.5 Å². The zero-order chi connectivity index (χ0) is 23.7. The maximum Gasteiger partial charge on any atom is 0.244 e. The van der Waals surface area contributed by atoms with E-state index in [-0.39, 0.29) is 19.1 Å². The van der Waals surface area contributed by atoms with Gasteiger partial charge in [0.25, 0.3) is 0 Å². The molecule has 0 aromatic heterocycles. The molecule has 2 aromatic rings. The summed E-state index contributed by atoms with van der Waals surface area (Å²) >= 11 is 1.50. The highest BCUT2D eigenvalue weighted by Gasteiger charge is 2.28. The Kier molecular flexibility index (Phi) is 9.69. The number of hydrogen-bond donors (Lipinski definition) is 2. The summed E-state index contributed by atoms with van der Waals surface area (Å²) in [6, 6.07) is 14.2. The van der Waals surface area contributed by atoms with E-state index in [1.54, 1.807) is 0 Å². The van der Waals surface area contributed by atoms with E-state index < -0.39 is 32.7 Å². The number of carbonyl (C=O) groups is 1. The number of nitrogens with zero attached hydrogens (tertiary/aromatic N) is 1. The summed E-state index contributed by atoms with van der Waals surface area (Å²) in [5, 5.41) is 2.81. The van der Waals surface area contributed by atoms with Gasteiger partial charge in [0.05, 0.1) is 12.7 Å². The molecule has 1 amide bonds. The lowest BCUT2D eigenvalue weighted by atomic mass is 10.2. The molecular formula is C23H30FN3O4S2. The van der Waals surface area contributed by atoms with Crippen molar-refractivity contribution in [3.05, 3.63) is 66.0 Å². The van der Waals surface area contributed by atoms with E-state index in [1.165, 1.54) is 35.5 Å². The average Bonchev–Trinajstić information content (AvgIpc) is 2.81. The van der Waals surface area contributed by atoms with Gasteiger partial charge < -0.3 is 10.1 Å². The van der Waals surface area contributed by atoms with Gasteiger partial charge in [-0.05, 0) is 36.1 Å². The van der Waals surface area contributed by atoms with Crippen molar-refractivity contribution in [2.24, 2.45) is 0 Å². The van der Waals surface area contributed by atoms with Crippen LogP contribution in [0.25, 0.3) is 0 Å². The van der Waals surface area contributed by atoms with Crippen LogP contribution in [0.3, 0.4) is 0 Å². The largest absolute Gasteiger partial charge is 0.374 e. The predicted octanol–water partition coefficient (Wildman–Crippen LogP) is 2.24. The number of rotatable bonds is 11. The molecule has 0 radical (unpaired) electrons. The molecule has 3 rings (SSSR count). The van der Waals surface area contributed by atoms with Crippen molar-refractivity contribution >= 4 is 27.7 Å². The van der Waals surface area contributed by atoms with Crippen molar-refractivity contribution in [1.29, 1.82) is 0 Å². The highest BCUT2D eigenvalue weighted by molar-refractivity contribution is 7.98. The van der Waals surface area contributed by atoms with Crippen LogP contribution in [0.2, 0.25) is 0 Å². The molecule has 1 fully saturated rings. The number of hydrogen-bond acceptors (Lipinski definition) is 6. The Morgan fingerprint density at radius 3 is 2.67 bits per heavy atom. The Hall–Kier alpha value is -1.98. The van der Waals surface area contributed by atoms with Crippen LogP contribution in [0.5, 0.6) is 0 Å². The molecule has 2 unspecified atom stereocenters. The summed E-state index contributed by atoms with van der Waals surface area (Å²) in [5.41, 5.74) is 1.21. The van der Waals surface area contributed by atoms with Gasteiger partial charge in [-0.15, -0.1) is 0 Å². The summed E-state index contributed by atoms with van der Waals surface area (Å²) in [5.74, 6) is -0.737. The summed E-state index contributed by atoms with van der Waals surface area (Å²) in [6.45, 7) is 3.08. The molecule has 1 aliphatic heterocycles. The van der Waals surface area contributed by atoms with Gasteiger partial charge in [0.1, 0.15) is 16.8 Å². The SMILES string of the molecule is CSCCC(NS(=O)(=O)c1ccccc1F)C(=O)NCC1CN(Cc2ccccc2)CCO1. The Bertz CT molecular complexity index is 1010. The monoisotopic (exact) mass is 495 g/mol. The highest BCUT2D eigenvalue weighted by atomic mass is 32.2. The quantitative estimate of drug-likeness (QED) is 0.497. The maximum atomic E-state index is 14.0. The molecule has 180 valence electrons. The normalized spacial score (nSPS) is 18.1. The molecule has 0 spiro atoms. The van der Waals surface area contributed by atoms with Crippen molar-refractivity contribution in [2.75, 3.05) is 38.2 Å². The molecule has 33 heavy (non-hydrogen) atoms. The smallest absolute Gasteiger partial charge is 0.244 e. The van der Waals surface area contributed by atoms with Crippen molar-refractivity contribution in [1.82, 2.24) is 14.9 Å². The second-order valence-electron chi connectivity index (χ2n) is 7.84. The second-order valence-corrected chi connectivity index (χ2v) is 10.5. The van der Waals surface area contributed by atoms with Gasteiger partial charge in [-0.3, -0.25) is 9.69 Å².